The maximum Gasteiger partial charge on any atom is 0.241 e. The highest BCUT2D eigenvalue weighted by Gasteiger charge is 2.19. The molecule has 0 aromatic heterocycles. The Morgan fingerprint density at radius 3 is 2.41 bits per heavy atom. The molecule has 2 rings (SSSR count). The predicted octanol–water partition coefficient (Wildman–Crippen LogP) is 1.54. The monoisotopic (exact) mass is 327 g/mol. The normalized spacial score (nSPS) is 15.5. The topological polar surface area (TPSA) is 54.0 Å². The van der Waals surface area contributed by atoms with Crippen LogP contribution in [0.5, 0.6) is 11.5 Å². The zero-order valence-electron chi connectivity index (χ0n) is 13.2. The Morgan fingerprint density at radius 1 is 1.18 bits per heavy atom. The number of piperazine rings is 1. The molecule has 22 heavy (non-hydrogen) atoms. The summed E-state index contributed by atoms with van der Waals surface area (Å²) >= 11 is 6.07. The number of nitrogens with one attached hydrogen (secondary N) is 1. The molecule has 1 heterocycles. The van der Waals surface area contributed by atoms with Crippen LogP contribution in [0, 0.1) is 0 Å². The maximum atomic E-state index is 12.2. The molecule has 1 aliphatic heterocycles. The fraction of sp³-hybridized carbons (Fsp3) is 0.533. The van der Waals surface area contributed by atoms with Gasteiger partial charge in [-0.2, -0.15) is 0 Å². The molecule has 122 valence electrons. The van der Waals surface area contributed by atoms with Gasteiger partial charge in [0, 0.05) is 38.3 Å². The maximum absolute atomic E-state index is 12.2. The highest BCUT2D eigenvalue weighted by molar-refractivity contribution is 6.32. The van der Waals surface area contributed by atoms with Crippen molar-refractivity contribution in [1.82, 2.24) is 9.80 Å². The van der Waals surface area contributed by atoms with Crippen molar-refractivity contribution in [2.24, 2.45) is 0 Å². The number of nitrogens with zero attached hydrogens (tertiary/aromatic N) is 2. The first kappa shape index (κ1) is 16.7. The number of amides is 1. The quantitative estimate of drug-likeness (QED) is 0.889. The van der Waals surface area contributed by atoms with Crippen LogP contribution in [0.3, 0.4) is 0 Å². The van der Waals surface area contributed by atoms with Gasteiger partial charge in [-0.15, -0.1) is 0 Å². The molecule has 0 atom stereocenters. The Kier molecular flexibility index (Phi) is 5.74. The minimum Gasteiger partial charge on any atom is -0.495 e. The summed E-state index contributed by atoms with van der Waals surface area (Å²) in [5, 5.41) is 3.57. The first-order chi connectivity index (χ1) is 10.5. The lowest BCUT2D eigenvalue weighted by atomic mass is 10.2. The van der Waals surface area contributed by atoms with Crippen molar-refractivity contribution in [2.75, 3.05) is 59.3 Å². The van der Waals surface area contributed by atoms with Crippen LogP contribution in [-0.4, -0.2) is 69.7 Å². The van der Waals surface area contributed by atoms with E-state index in [4.69, 9.17) is 21.1 Å². The summed E-state index contributed by atoms with van der Waals surface area (Å²) < 4.78 is 10.5. The first-order valence-electron chi connectivity index (χ1n) is 7.17. The molecule has 1 aliphatic rings. The fourth-order valence-corrected chi connectivity index (χ4v) is 2.57. The second-order valence-corrected chi connectivity index (χ2v) is 5.63. The van der Waals surface area contributed by atoms with E-state index in [0.717, 1.165) is 26.2 Å². The molecule has 0 saturated carbocycles. The fourth-order valence-electron chi connectivity index (χ4n) is 2.34. The highest BCUT2D eigenvalue weighted by Crippen LogP contribution is 2.35. The third-order valence-corrected chi connectivity index (χ3v) is 4.06. The SMILES string of the molecule is COc1cc(NCC(=O)N2CCN(C)CC2)c(OC)cc1Cl. The van der Waals surface area contributed by atoms with Gasteiger partial charge in [-0.05, 0) is 7.05 Å². The molecule has 1 aromatic rings. The lowest BCUT2D eigenvalue weighted by molar-refractivity contribution is -0.130. The third kappa shape index (κ3) is 3.96. The molecule has 1 aromatic carbocycles. The van der Waals surface area contributed by atoms with Crippen LogP contribution in [-0.2, 0) is 4.79 Å². The van der Waals surface area contributed by atoms with Crippen LogP contribution in [0.15, 0.2) is 12.1 Å². The van der Waals surface area contributed by atoms with Crippen molar-refractivity contribution in [2.45, 2.75) is 0 Å². The van der Waals surface area contributed by atoms with E-state index >= 15 is 0 Å². The molecular weight excluding hydrogens is 306 g/mol. The van der Waals surface area contributed by atoms with Gasteiger partial charge in [-0.1, -0.05) is 11.6 Å². The van der Waals surface area contributed by atoms with E-state index in [9.17, 15) is 4.79 Å². The molecule has 0 radical (unpaired) electrons. The summed E-state index contributed by atoms with van der Waals surface area (Å²) in [5.41, 5.74) is 0.686. The molecule has 7 heteroatoms. The molecule has 1 fully saturated rings. The van der Waals surface area contributed by atoms with Crippen molar-refractivity contribution in [1.29, 1.82) is 0 Å². The van der Waals surface area contributed by atoms with E-state index in [-0.39, 0.29) is 12.5 Å². The van der Waals surface area contributed by atoms with E-state index < -0.39 is 0 Å². The van der Waals surface area contributed by atoms with Crippen molar-refractivity contribution in [3.8, 4) is 11.5 Å². The average molecular weight is 328 g/mol. The minimum absolute atomic E-state index is 0.0732. The standard InChI is InChI=1S/C15H22ClN3O3/c1-18-4-6-19(7-5-18)15(20)10-17-12-9-13(21-2)11(16)8-14(12)22-3/h8-9,17H,4-7,10H2,1-3H3. The first-order valence-corrected chi connectivity index (χ1v) is 7.54. The van der Waals surface area contributed by atoms with Crippen LogP contribution in [0.1, 0.15) is 0 Å². The molecule has 1 saturated heterocycles. The van der Waals surface area contributed by atoms with Crippen LogP contribution in [0.2, 0.25) is 5.02 Å². The Morgan fingerprint density at radius 2 is 1.82 bits per heavy atom. The van der Waals surface area contributed by atoms with Gasteiger partial charge in [0.05, 0.1) is 31.5 Å². The smallest absolute Gasteiger partial charge is 0.241 e. The van der Waals surface area contributed by atoms with Crippen LogP contribution in [0.25, 0.3) is 0 Å². The van der Waals surface area contributed by atoms with E-state index in [2.05, 4.69) is 17.3 Å². The number of rotatable bonds is 5. The Hall–Kier alpha value is -1.66. The van der Waals surface area contributed by atoms with Crippen LogP contribution < -0.4 is 14.8 Å². The highest BCUT2D eigenvalue weighted by atomic mass is 35.5. The molecular formula is C15H22ClN3O3. The lowest BCUT2D eigenvalue weighted by Crippen LogP contribution is -2.48. The summed E-state index contributed by atoms with van der Waals surface area (Å²) in [6, 6.07) is 3.40. The number of hydrogen-bond donors (Lipinski definition) is 1. The van der Waals surface area contributed by atoms with Crippen LogP contribution in [0.4, 0.5) is 5.69 Å². The van der Waals surface area contributed by atoms with E-state index in [1.807, 2.05) is 4.90 Å². The lowest BCUT2D eigenvalue weighted by Gasteiger charge is -2.32. The van der Waals surface area contributed by atoms with Gasteiger partial charge in [0.2, 0.25) is 5.91 Å². The van der Waals surface area contributed by atoms with Gasteiger partial charge in [0.25, 0.3) is 0 Å². The summed E-state index contributed by atoms with van der Waals surface area (Å²) in [7, 11) is 5.17. The Bertz CT molecular complexity index is 531. The van der Waals surface area contributed by atoms with Crippen molar-refractivity contribution >= 4 is 23.2 Å². The number of ether oxygens (including phenoxy) is 2. The summed E-state index contributed by atoms with van der Waals surface area (Å²) in [6.45, 7) is 3.55. The van der Waals surface area contributed by atoms with Gasteiger partial charge in [-0.3, -0.25) is 4.79 Å². The molecule has 0 aliphatic carbocycles. The van der Waals surface area contributed by atoms with Gasteiger partial charge < -0.3 is 24.6 Å². The van der Waals surface area contributed by atoms with E-state index in [0.29, 0.717) is 22.2 Å². The Balaban J connectivity index is 2.00. The van der Waals surface area contributed by atoms with Gasteiger partial charge in [-0.25, -0.2) is 0 Å². The summed E-state index contributed by atoms with van der Waals surface area (Å²) in [4.78, 5) is 16.3. The number of carbonyl (C=O) groups is 1. The number of likely N-dealkylation sites (N-methyl/N-ethyl adjacent to an activating group) is 1. The molecule has 6 nitrogen and oxygen atoms in total. The largest absolute Gasteiger partial charge is 0.495 e. The summed E-state index contributed by atoms with van der Waals surface area (Å²) in [5.74, 6) is 1.19. The van der Waals surface area contributed by atoms with E-state index in [1.54, 1.807) is 26.4 Å². The van der Waals surface area contributed by atoms with Crippen molar-refractivity contribution in [3.63, 3.8) is 0 Å². The number of carbonyl (C=O) groups excluding carboxylic acids is 1. The van der Waals surface area contributed by atoms with Crippen molar-refractivity contribution in [3.05, 3.63) is 17.2 Å². The number of benzene rings is 1. The number of methoxy groups -OCH3 is 2. The van der Waals surface area contributed by atoms with Gasteiger partial charge >= 0.3 is 0 Å². The second kappa shape index (κ2) is 7.56. The third-order valence-electron chi connectivity index (χ3n) is 3.76. The second-order valence-electron chi connectivity index (χ2n) is 5.22. The van der Waals surface area contributed by atoms with Crippen molar-refractivity contribution < 1.29 is 14.3 Å². The predicted molar refractivity (Wildman–Crippen MR) is 87.1 cm³/mol. The molecule has 0 bridgehead atoms. The van der Waals surface area contributed by atoms with Gasteiger partial charge in [0.15, 0.2) is 0 Å². The van der Waals surface area contributed by atoms with Gasteiger partial charge in [0.1, 0.15) is 11.5 Å². The average Bonchev–Trinajstić information content (AvgIpc) is 2.53. The number of anilines is 1. The zero-order chi connectivity index (χ0) is 16.1. The molecule has 1 amide bonds. The number of halogens is 1. The molecule has 1 N–H and O–H groups in total. The summed E-state index contributed by atoms with van der Waals surface area (Å²) in [6.07, 6.45) is 0. The zero-order valence-corrected chi connectivity index (χ0v) is 13.9. The Labute approximate surface area is 135 Å². The van der Waals surface area contributed by atoms with Crippen LogP contribution >= 0.6 is 11.6 Å². The van der Waals surface area contributed by atoms with E-state index in [1.165, 1.54) is 0 Å². The minimum atomic E-state index is 0.0732. The molecule has 0 unspecified atom stereocenters. The number of hydrogen-bond acceptors (Lipinski definition) is 5. The molecule has 0 spiro atoms.